The first-order chi connectivity index (χ1) is 10.1. The van der Waals surface area contributed by atoms with Gasteiger partial charge in [-0.1, -0.05) is 23.7 Å². The zero-order valence-electron chi connectivity index (χ0n) is 12.4. The van der Waals surface area contributed by atoms with Crippen molar-refractivity contribution in [3.63, 3.8) is 0 Å². The summed E-state index contributed by atoms with van der Waals surface area (Å²) in [6, 6.07) is 12.8. The Bertz CT molecular complexity index is 580. The van der Waals surface area contributed by atoms with Crippen LogP contribution in [0.1, 0.15) is 19.4 Å². The van der Waals surface area contributed by atoms with Crippen LogP contribution in [0, 0.1) is 5.82 Å². The van der Waals surface area contributed by atoms with E-state index in [2.05, 4.69) is 48.3 Å². The second-order valence-corrected chi connectivity index (χ2v) is 5.25. The van der Waals surface area contributed by atoms with Crippen LogP contribution >= 0.6 is 11.6 Å². The molecule has 112 valence electrons. The summed E-state index contributed by atoms with van der Waals surface area (Å²) in [6.07, 6.45) is 0. The van der Waals surface area contributed by atoms with Gasteiger partial charge in [0.15, 0.2) is 0 Å². The average molecular weight is 307 g/mol. The lowest BCUT2D eigenvalue weighted by atomic mass is 10.2. The van der Waals surface area contributed by atoms with Crippen molar-refractivity contribution < 1.29 is 4.39 Å². The molecule has 0 heterocycles. The largest absolute Gasteiger partial charge is 0.379 e. The topological polar surface area (TPSA) is 15.3 Å². The van der Waals surface area contributed by atoms with Gasteiger partial charge in [0.2, 0.25) is 0 Å². The van der Waals surface area contributed by atoms with Crippen LogP contribution in [0.25, 0.3) is 0 Å². The molecule has 0 aliphatic rings. The Morgan fingerprint density at radius 1 is 1.05 bits per heavy atom. The van der Waals surface area contributed by atoms with Crippen molar-refractivity contribution >= 4 is 23.0 Å². The van der Waals surface area contributed by atoms with Crippen LogP contribution in [0.5, 0.6) is 0 Å². The second kappa shape index (κ2) is 7.32. The molecule has 0 spiro atoms. The molecule has 2 aromatic rings. The number of benzene rings is 2. The zero-order chi connectivity index (χ0) is 15.2. The summed E-state index contributed by atoms with van der Waals surface area (Å²) in [6.45, 7) is 6.82. The van der Waals surface area contributed by atoms with Gasteiger partial charge in [0.1, 0.15) is 5.82 Å². The molecule has 0 unspecified atom stereocenters. The molecule has 0 saturated heterocycles. The first-order valence-corrected chi connectivity index (χ1v) is 7.54. The predicted octanol–water partition coefficient (Wildman–Crippen LogP) is 4.94. The van der Waals surface area contributed by atoms with E-state index in [-0.39, 0.29) is 5.82 Å². The Hall–Kier alpha value is -1.74. The van der Waals surface area contributed by atoms with Gasteiger partial charge >= 0.3 is 0 Å². The summed E-state index contributed by atoms with van der Waals surface area (Å²) in [5.74, 6) is -0.292. The third-order valence-electron chi connectivity index (χ3n) is 3.48. The van der Waals surface area contributed by atoms with Crippen LogP contribution in [-0.2, 0) is 6.54 Å². The Morgan fingerprint density at radius 2 is 1.71 bits per heavy atom. The molecule has 0 fully saturated rings. The van der Waals surface area contributed by atoms with Gasteiger partial charge < -0.3 is 10.2 Å². The smallest absolute Gasteiger partial charge is 0.146 e. The van der Waals surface area contributed by atoms with Crippen molar-refractivity contribution in [2.75, 3.05) is 23.3 Å². The van der Waals surface area contributed by atoms with E-state index in [1.807, 2.05) is 0 Å². The Balaban J connectivity index is 2.02. The number of rotatable bonds is 6. The van der Waals surface area contributed by atoms with Gasteiger partial charge in [-0.05, 0) is 49.7 Å². The summed E-state index contributed by atoms with van der Waals surface area (Å²) in [4.78, 5) is 2.29. The maximum atomic E-state index is 13.6. The molecule has 0 atom stereocenters. The lowest BCUT2D eigenvalue weighted by Gasteiger charge is -2.21. The summed E-state index contributed by atoms with van der Waals surface area (Å²) in [5.41, 5.74) is 2.73. The predicted molar refractivity (Wildman–Crippen MR) is 88.7 cm³/mol. The second-order valence-electron chi connectivity index (χ2n) is 4.82. The molecule has 0 aliphatic carbocycles. The van der Waals surface area contributed by atoms with Gasteiger partial charge in [-0.2, -0.15) is 0 Å². The molecule has 0 aliphatic heterocycles. The molecule has 0 saturated carbocycles. The van der Waals surface area contributed by atoms with E-state index in [9.17, 15) is 4.39 Å². The van der Waals surface area contributed by atoms with Crippen molar-refractivity contribution in [3.8, 4) is 0 Å². The lowest BCUT2D eigenvalue weighted by molar-refractivity contribution is 0.630. The maximum Gasteiger partial charge on any atom is 0.146 e. The molecule has 2 nitrogen and oxygen atoms in total. The van der Waals surface area contributed by atoms with Gasteiger partial charge in [-0.15, -0.1) is 0 Å². The molecular weight excluding hydrogens is 287 g/mol. The fourth-order valence-corrected chi connectivity index (χ4v) is 2.42. The molecular formula is C17H20ClFN2. The van der Waals surface area contributed by atoms with Crippen molar-refractivity contribution in [2.24, 2.45) is 0 Å². The zero-order valence-corrected chi connectivity index (χ0v) is 13.1. The first kappa shape index (κ1) is 15.6. The quantitative estimate of drug-likeness (QED) is 0.813. The van der Waals surface area contributed by atoms with Gasteiger partial charge in [0.05, 0.1) is 5.69 Å². The first-order valence-electron chi connectivity index (χ1n) is 7.16. The summed E-state index contributed by atoms with van der Waals surface area (Å²) < 4.78 is 13.6. The van der Waals surface area contributed by atoms with Crippen molar-refractivity contribution in [1.29, 1.82) is 0 Å². The van der Waals surface area contributed by atoms with Gasteiger partial charge in [0.25, 0.3) is 0 Å². The number of hydrogen-bond acceptors (Lipinski definition) is 2. The number of halogens is 2. The molecule has 0 radical (unpaired) electrons. The van der Waals surface area contributed by atoms with Crippen LogP contribution in [0.4, 0.5) is 15.8 Å². The highest BCUT2D eigenvalue weighted by molar-refractivity contribution is 6.30. The van der Waals surface area contributed by atoms with E-state index in [1.54, 1.807) is 12.1 Å². The van der Waals surface area contributed by atoms with Crippen LogP contribution in [0.3, 0.4) is 0 Å². The van der Waals surface area contributed by atoms with Crippen LogP contribution < -0.4 is 10.2 Å². The van der Waals surface area contributed by atoms with Gasteiger partial charge in [-0.3, -0.25) is 0 Å². The highest BCUT2D eigenvalue weighted by Gasteiger charge is 2.04. The standard InChI is InChI=1S/C17H20ClFN2/c1-3-21(4-2)15-8-5-13(6-9-15)12-20-17-11-14(18)7-10-16(17)19/h5-11,20H,3-4,12H2,1-2H3. The Morgan fingerprint density at radius 3 is 2.33 bits per heavy atom. The van der Waals surface area contributed by atoms with E-state index < -0.39 is 0 Å². The fraction of sp³-hybridized carbons (Fsp3) is 0.294. The molecule has 2 aromatic carbocycles. The Kier molecular flexibility index (Phi) is 5.45. The fourth-order valence-electron chi connectivity index (χ4n) is 2.24. The van der Waals surface area contributed by atoms with E-state index in [0.29, 0.717) is 17.3 Å². The minimum atomic E-state index is -0.292. The molecule has 21 heavy (non-hydrogen) atoms. The third kappa shape index (κ3) is 4.11. The number of hydrogen-bond donors (Lipinski definition) is 1. The number of anilines is 2. The molecule has 1 N–H and O–H groups in total. The average Bonchev–Trinajstić information content (AvgIpc) is 2.51. The molecule has 0 aromatic heterocycles. The van der Waals surface area contributed by atoms with Gasteiger partial charge in [0, 0.05) is 30.3 Å². The number of nitrogens with one attached hydrogen (secondary N) is 1. The van der Waals surface area contributed by atoms with E-state index in [1.165, 1.54) is 11.8 Å². The normalized spacial score (nSPS) is 10.5. The van der Waals surface area contributed by atoms with E-state index in [4.69, 9.17) is 11.6 Å². The van der Waals surface area contributed by atoms with Crippen molar-refractivity contribution in [2.45, 2.75) is 20.4 Å². The maximum absolute atomic E-state index is 13.6. The van der Waals surface area contributed by atoms with Gasteiger partial charge in [-0.25, -0.2) is 4.39 Å². The third-order valence-corrected chi connectivity index (χ3v) is 3.71. The highest BCUT2D eigenvalue weighted by atomic mass is 35.5. The van der Waals surface area contributed by atoms with Crippen LogP contribution in [0.15, 0.2) is 42.5 Å². The number of nitrogens with zero attached hydrogens (tertiary/aromatic N) is 1. The van der Waals surface area contributed by atoms with E-state index >= 15 is 0 Å². The SMILES string of the molecule is CCN(CC)c1ccc(CNc2cc(Cl)ccc2F)cc1. The minimum absolute atomic E-state index is 0.292. The van der Waals surface area contributed by atoms with E-state index in [0.717, 1.165) is 18.7 Å². The molecule has 4 heteroatoms. The molecule has 2 rings (SSSR count). The summed E-state index contributed by atoms with van der Waals surface area (Å²) in [7, 11) is 0. The Labute approximate surface area is 130 Å². The lowest BCUT2D eigenvalue weighted by Crippen LogP contribution is -2.21. The monoisotopic (exact) mass is 306 g/mol. The highest BCUT2D eigenvalue weighted by Crippen LogP contribution is 2.21. The van der Waals surface area contributed by atoms with Crippen molar-refractivity contribution in [1.82, 2.24) is 0 Å². The molecule has 0 bridgehead atoms. The summed E-state index contributed by atoms with van der Waals surface area (Å²) in [5, 5.41) is 3.60. The minimum Gasteiger partial charge on any atom is -0.379 e. The summed E-state index contributed by atoms with van der Waals surface area (Å²) >= 11 is 5.87. The van der Waals surface area contributed by atoms with Crippen LogP contribution in [-0.4, -0.2) is 13.1 Å². The molecule has 0 amide bonds. The van der Waals surface area contributed by atoms with Crippen LogP contribution in [0.2, 0.25) is 5.02 Å². The van der Waals surface area contributed by atoms with Crippen molar-refractivity contribution in [3.05, 3.63) is 58.9 Å².